The fourth-order valence-corrected chi connectivity index (χ4v) is 3.88. The normalized spacial score (nSPS) is 12.5. The molecule has 0 aliphatic heterocycles. The molecule has 1 rings (SSSR count). The van der Waals surface area contributed by atoms with Crippen molar-refractivity contribution < 1.29 is 0 Å². The van der Waals surface area contributed by atoms with E-state index in [1.807, 2.05) is 0 Å². The van der Waals surface area contributed by atoms with Crippen molar-refractivity contribution in [3.63, 3.8) is 0 Å². The van der Waals surface area contributed by atoms with Gasteiger partial charge in [0.15, 0.2) is 0 Å². The van der Waals surface area contributed by atoms with E-state index in [9.17, 15) is 0 Å². The summed E-state index contributed by atoms with van der Waals surface area (Å²) in [6, 6.07) is 10.8. The molecule has 1 aromatic rings. The Bertz CT molecular complexity index is 262. The van der Waals surface area contributed by atoms with Gasteiger partial charge in [-0.1, -0.05) is 0 Å². The van der Waals surface area contributed by atoms with Crippen LogP contribution in [-0.2, 0) is 6.16 Å². The molecule has 13 heavy (non-hydrogen) atoms. The molecule has 0 N–H and O–H groups in total. The van der Waals surface area contributed by atoms with Crippen LogP contribution in [0.4, 0.5) is 0 Å². The van der Waals surface area contributed by atoms with Crippen molar-refractivity contribution in [1.29, 1.82) is 0 Å². The fourth-order valence-electron chi connectivity index (χ4n) is 1.61. The SMILES string of the molecule is C=CC[PH](C)(C)Cc1ccccc1. The van der Waals surface area contributed by atoms with E-state index in [4.69, 9.17) is 0 Å². The van der Waals surface area contributed by atoms with Crippen LogP contribution >= 0.6 is 7.26 Å². The minimum atomic E-state index is -1.06. The second-order valence-electron chi connectivity index (χ2n) is 4.32. The van der Waals surface area contributed by atoms with Crippen molar-refractivity contribution >= 4 is 7.26 Å². The molecule has 1 heteroatoms. The van der Waals surface area contributed by atoms with Gasteiger partial charge in [-0.3, -0.25) is 0 Å². The molecule has 0 spiro atoms. The summed E-state index contributed by atoms with van der Waals surface area (Å²) in [5.41, 5.74) is 1.47. The summed E-state index contributed by atoms with van der Waals surface area (Å²) in [6.07, 6.45) is 4.54. The molecule has 0 heterocycles. The monoisotopic (exact) mass is 194 g/mol. The summed E-state index contributed by atoms with van der Waals surface area (Å²) in [5.74, 6) is 0. The number of benzene rings is 1. The molecule has 0 radical (unpaired) electrons. The Morgan fingerprint density at radius 3 is 2.38 bits per heavy atom. The maximum atomic E-state index is 3.82. The molecule has 1 aromatic carbocycles. The predicted octanol–water partition coefficient (Wildman–Crippen LogP) is 3.38. The van der Waals surface area contributed by atoms with E-state index in [0.29, 0.717) is 0 Å². The van der Waals surface area contributed by atoms with Gasteiger partial charge in [-0.05, 0) is 0 Å². The zero-order valence-corrected chi connectivity index (χ0v) is 9.59. The van der Waals surface area contributed by atoms with Crippen LogP contribution in [0.15, 0.2) is 43.0 Å². The van der Waals surface area contributed by atoms with Crippen LogP contribution in [-0.4, -0.2) is 19.5 Å². The van der Waals surface area contributed by atoms with Crippen molar-refractivity contribution in [1.82, 2.24) is 0 Å². The third-order valence-corrected chi connectivity index (χ3v) is 4.98. The van der Waals surface area contributed by atoms with Gasteiger partial charge >= 0.3 is 81.5 Å². The van der Waals surface area contributed by atoms with E-state index in [0.717, 1.165) is 0 Å². The van der Waals surface area contributed by atoms with Gasteiger partial charge in [-0.15, -0.1) is 0 Å². The van der Waals surface area contributed by atoms with Crippen LogP contribution in [0.1, 0.15) is 5.56 Å². The van der Waals surface area contributed by atoms with E-state index < -0.39 is 7.26 Å². The molecule has 0 nitrogen and oxygen atoms in total. The van der Waals surface area contributed by atoms with Crippen molar-refractivity contribution in [2.45, 2.75) is 6.16 Å². The van der Waals surface area contributed by atoms with E-state index >= 15 is 0 Å². The van der Waals surface area contributed by atoms with Gasteiger partial charge in [0.05, 0.1) is 0 Å². The first-order valence-corrected chi connectivity index (χ1v) is 8.20. The average molecular weight is 194 g/mol. The molecule has 0 bridgehead atoms. The third kappa shape index (κ3) is 3.74. The molecule has 0 aromatic heterocycles. The second-order valence-corrected chi connectivity index (χ2v) is 9.41. The van der Waals surface area contributed by atoms with Crippen molar-refractivity contribution in [2.75, 3.05) is 19.5 Å². The molecule has 0 aliphatic carbocycles. The van der Waals surface area contributed by atoms with Gasteiger partial charge in [-0.2, -0.15) is 0 Å². The molecule has 0 unspecified atom stereocenters. The van der Waals surface area contributed by atoms with Crippen molar-refractivity contribution in [2.24, 2.45) is 0 Å². The first kappa shape index (κ1) is 10.5. The van der Waals surface area contributed by atoms with E-state index in [1.54, 1.807) is 0 Å². The standard InChI is InChI=1S/C12H19P/c1-4-10-13(2,3)11-12-8-6-5-7-9-12/h4-9,13H,1,10-11H2,2-3H3. The Morgan fingerprint density at radius 2 is 1.85 bits per heavy atom. The Kier molecular flexibility index (Phi) is 3.69. The van der Waals surface area contributed by atoms with Gasteiger partial charge < -0.3 is 0 Å². The minimum absolute atomic E-state index is 1.06. The van der Waals surface area contributed by atoms with E-state index in [1.165, 1.54) is 17.9 Å². The molecule has 0 atom stereocenters. The number of allylic oxidation sites excluding steroid dienone is 1. The fraction of sp³-hybridized carbons (Fsp3) is 0.333. The second kappa shape index (κ2) is 4.58. The summed E-state index contributed by atoms with van der Waals surface area (Å²) in [4.78, 5) is 0. The molecular weight excluding hydrogens is 175 g/mol. The number of hydrogen-bond acceptors (Lipinski definition) is 0. The summed E-state index contributed by atoms with van der Waals surface area (Å²) >= 11 is 0. The van der Waals surface area contributed by atoms with Gasteiger partial charge in [0, 0.05) is 0 Å². The zero-order valence-electron chi connectivity index (χ0n) is 8.59. The zero-order chi connectivity index (χ0) is 9.73. The topological polar surface area (TPSA) is 0 Å². The average Bonchev–Trinajstić information content (AvgIpc) is 2.04. The van der Waals surface area contributed by atoms with E-state index in [2.05, 4.69) is 56.3 Å². The van der Waals surface area contributed by atoms with Crippen LogP contribution in [0.25, 0.3) is 0 Å². The van der Waals surface area contributed by atoms with Crippen LogP contribution in [0, 0.1) is 0 Å². The van der Waals surface area contributed by atoms with Crippen molar-refractivity contribution in [3.05, 3.63) is 48.6 Å². The summed E-state index contributed by atoms with van der Waals surface area (Å²) in [7, 11) is -1.06. The van der Waals surface area contributed by atoms with Crippen LogP contribution in [0.2, 0.25) is 0 Å². The van der Waals surface area contributed by atoms with Crippen LogP contribution in [0.3, 0.4) is 0 Å². The molecular formula is C12H19P. The number of hydrogen-bond donors (Lipinski definition) is 0. The Labute approximate surface area is 82.0 Å². The van der Waals surface area contributed by atoms with Gasteiger partial charge in [0.2, 0.25) is 0 Å². The molecule has 0 saturated heterocycles. The molecule has 0 aliphatic rings. The quantitative estimate of drug-likeness (QED) is 0.509. The van der Waals surface area contributed by atoms with Crippen LogP contribution < -0.4 is 0 Å². The first-order chi connectivity index (χ1) is 6.14. The summed E-state index contributed by atoms with van der Waals surface area (Å²) in [5, 5.41) is 0. The van der Waals surface area contributed by atoms with Gasteiger partial charge in [0.25, 0.3) is 0 Å². The van der Waals surface area contributed by atoms with E-state index in [-0.39, 0.29) is 0 Å². The molecule has 0 fully saturated rings. The Hall–Kier alpha value is -0.610. The van der Waals surface area contributed by atoms with Crippen LogP contribution in [0.5, 0.6) is 0 Å². The molecule has 0 amide bonds. The molecule has 72 valence electrons. The maximum absolute atomic E-state index is 3.82. The Balaban J connectivity index is 2.63. The predicted molar refractivity (Wildman–Crippen MR) is 65.4 cm³/mol. The Morgan fingerprint density at radius 1 is 1.23 bits per heavy atom. The third-order valence-electron chi connectivity index (χ3n) is 2.22. The van der Waals surface area contributed by atoms with Crippen molar-refractivity contribution in [3.8, 4) is 0 Å². The summed E-state index contributed by atoms with van der Waals surface area (Å²) < 4.78 is 0. The number of rotatable bonds is 4. The van der Waals surface area contributed by atoms with Gasteiger partial charge in [0.1, 0.15) is 0 Å². The molecule has 0 saturated carbocycles. The first-order valence-electron chi connectivity index (χ1n) is 4.79. The van der Waals surface area contributed by atoms with Gasteiger partial charge in [-0.25, -0.2) is 0 Å². The summed E-state index contributed by atoms with van der Waals surface area (Å²) in [6.45, 7) is 8.66.